The molecule has 3 nitrogen and oxygen atoms in total. The molecule has 0 saturated carbocycles. The molecule has 0 aromatic heterocycles. The molecule has 2 rings (SSSR count). The van der Waals surface area contributed by atoms with E-state index in [1.54, 1.807) is 0 Å². The van der Waals surface area contributed by atoms with Gasteiger partial charge in [-0.3, -0.25) is 4.90 Å². The fourth-order valence-corrected chi connectivity index (χ4v) is 1.91. The molecule has 0 spiro atoms. The van der Waals surface area contributed by atoms with Crippen molar-refractivity contribution >= 4 is 15.9 Å². The number of nitrogens with zero attached hydrogens (tertiary/aromatic N) is 1. The number of fused-ring (bicyclic) bond motifs is 1. The Bertz CT molecular complexity index is 368. The normalized spacial score (nSPS) is 17.0. The van der Waals surface area contributed by atoms with E-state index in [0.717, 1.165) is 31.1 Å². The Kier molecular flexibility index (Phi) is 3.71. The molecule has 88 valence electrons. The van der Waals surface area contributed by atoms with Crippen molar-refractivity contribution < 1.29 is 9.47 Å². The van der Waals surface area contributed by atoms with Gasteiger partial charge in [0.05, 0.1) is 18.2 Å². The van der Waals surface area contributed by atoms with Crippen LogP contribution in [0.4, 0.5) is 0 Å². The molecule has 1 aliphatic heterocycles. The topological polar surface area (TPSA) is 21.7 Å². The third-order valence-electron chi connectivity index (χ3n) is 2.50. The summed E-state index contributed by atoms with van der Waals surface area (Å²) in [4.78, 5) is 2.30. The molecule has 0 N–H and O–H groups in total. The van der Waals surface area contributed by atoms with Crippen molar-refractivity contribution in [2.75, 3.05) is 27.3 Å². The number of hydrogen-bond acceptors (Lipinski definition) is 3. The van der Waals surface area contributed by atoms with E-state index in [1.807, 2.05) is 26.2 Å². The van der Waals surface area contributed by atoms with Crippen LogP contribution in [-0.2, 0) is 0 Å². The standard InChI is InChI=1S/C12H16BrNO2/c1-14(2)12(13)9-4-5-10-11(8-9)16-7-3-6-15-10/h4-5,8,12H,3,6-7H2,1-2H3. The summed E-state index contributed by atoms with van der Waals surface area (Å²) >= 11 is 3.63. The lowest BCUT2D eigenvalue weighted by atomic mass is 10.2. The van der Waals surface area contributed by atoms with Crippen LogP contribution < -0.4 is 9.47 Å². The Morgan fingerprint density at radius 1 is 1.19 bits per heavy atom. The molecule has 0 bridgehead atoms. The van der Waals surface area contributed by atoms with Gasteiger partial charge in [0.15, 0.2) is 11.5 Å². The van der Waals surface area contributed by atoms with Gasteiger partial charge in [0.2, 0.25) is 0 Å². The lowest BCUT2D eigenvalue weighted by Gasteiger charge is -2.19. The molecule has 1 aliphatic rings. The molecule has 0 saturated heterocycles. The van der Waals surface area contributed by atoms with Crippen molar-refractivity contribution in [3.63, 3.8) is 0 Å². The smallest absolute Gasteiger partial charge is 0.161 e. The number of rotatable bonds is 2. The molecule has 16 heavy (non-hydrogen) atoms. The number of ether oxygens (including phenoxy) is 2. The molecule has 1 heterocycles. The van der Waals surface area contributed by atoms with Crippen molar-refractivity contribution in [2.24, 2.45) is 0 Å². The average Bonchev–Trinajstić information content (AvgIpc) is 2.51. The Morgan fingerprint density at radius 3 is 2.56 bits per heavy atom. The minimum absolute atomic E-state index is 0.199. The van der Waals surface area contributed by atoms with Gasteiger partial charge in [-0.25, -0.2) is 0 Å². The second-order valence-electron chi connectivity index (χ2n) is 4.06. The lowest BCUT2D eigenvalue weighted by molar-refractivity contribution is 0.297. The van der Waals surface area contributed by atoms with Crippen molar-refractivity contribution in [3.05, 3.63) is 23.8 Å². The van der Waals surface area contributed by atoms with Gasteiger partial charge in [-0.15, -0.1) is 0 Å². The van der Waals surface area contributed by atoms with Gasteiger partial charge < -0.3 is 9.47 Å². The van der Waals surface area contributed by atoms with Crippen LogP contribution in [0.1, 0.15) is 16.9 Å². The molecule has 4 heteroatoms. The molecule has 0 aliphatic carbocycles. The second kappa shape index (κ2) is 5.06. The van der Waals surface area contributed by atoms with Crippen LogP contribution in [0, 0.1) is 0 Å². The average molecular weight is 286 g/mol. The van der Waals surface area contributed by atoms with Crippen LogP contribution in [0.3, 0.4) is 0 Å². The molecular weight excluding hydrogens is 270 g/mol. The first kappa shape index (κ1) is 11.7. The Labute approximate surface area is 104 Å². The number of hydrogen-bond donors (Lipinski definition) is 0. The Hall–Kier alpha value is -0.740. The first-order chi connectivity index (χ1) is 7.68. The largest absolute Gasteiger partial charge is 0.490 e. The molecular formula is C12H16BrNO2. The quantitative estimate of drug-likeness (QED) is 0.616. The third-order valence-corrected chi connectivity index (χ3v) is 3.85. The molecule has 1 aromatic rings. The van der Waals surface area contributed by atoms with Crippen molar-refractivity contribution in [1.29, 1.82) is 0 Å². The van der Waals surface area contributed by atoms with Crippen LogP contribution in [-0.4, -0.2) is 32.2 Å². The highest BCUT2D eigenvalue weighted by molar-refractivity contribution is 9.09. The van der Waals surface area contributed by atoms with Crippen molar-refractivity contribution in [2.45, 2.75) is 11.4 Å². The lowest BCUT2D eigenvalue weighted by Crippen LogP contribution is -2.14. The predicted octanol–water partition coefficient (Wildman–Crippen LogP) is 2.80. The fourth-order valence-electron chi connectivity index (χ4n) is 1.63. The van der Waals surface area contributed by atoms with Gasteiger partial charge >= 0.3 is 0 Å². The van der Waals surface area contributed by atoms with Crippen LogP contribution in [0.5, 0.6) is 11.5 Å². The third kappa shape index (κ3) is 2.50. The van der Waals surface area contributed by atoms with Crippen LogP contribution >= 0.6 is 15.9 Å². The van der Waals surface area contributed by atoms with Gasteiger partial charge in [0.1, 0.15) is 0 Å². The second-order valence-corrected chi connectivity index (χ2v) is 4.92. The molecule has 1 unspecified atom stereocenters. The molecule has 1 aromatic carbocycles. The fraction of sp³-hybridized carbons (Fsp3) is 0.500. The summed E-state index contributed by atoms with van der Waals surface area (Å²) in [5.74, 6) is 1.70. The highest BCUT2D eigenvalue weighted by atomic mass is 79.9. The van der Waals surface area contributed by atoms with E-state index < -0.39 is 0 Å². The van der Waals surface area contributed by atoms with Crippen LogP contribution in [0.25, 0.3) is 0 Å². The van der Waals surface area contributed by atoms with E-state index in [1.165, 1.54) is 5.56 Å². The molecule has 1 atom stereocenters. The van der Waals surface area contributed by atoms with E-state index >= 15 is 0 Å². The Morgan fingerprint density at radius 2 is 1.88 bits per heavy atom. The summed E-state index contributed by atoms with van der Waals surface area (Å²) in [7, 11) is 4.06. The van der Waals surface area contributed by atoms with Crippen LogP contribution in [0.2, 0.25) is 0 Å². The maximum absolute atomic E-state index is 5.65. The Balaban J connectivity index is 2.27. The van der Waals surface area contributed by atoms with E-state index in [0.29, 0.717) is 0 Å². The summed E-state index contributed by atoms with van der Waals surface area (Å²) in [6.07, 6.45) is 0.940. The summed E-state index contributed by atoms with van der Waals surface area (Å²) in [6, 6.07) is 6.08. The first-order valence-corrected chi connectivity index (χ1v) is 6.30. The van der Waals surface area contributed by atoms with E-state index in [4.69, 9.17) is 9.47 Å². The van der Waals surface area contributed by atoms with Gasteiger partial charge in [-0.05, 0) is 31.8 Å². The zero-order valence-electron chi connectivity index (χ0n) is 9.57. The first-order valence-electron chi connectivity index (χ1n) is 5.38. The minimum atomic E-state index is 0.199. The van der Waals surface area contributed by atoms with Crippen molar-refractivity contribution in [3.8, 4) is 11.5 Å². The van der Waals surface area contributed by atoms with Crippen molar-refractivity contribution in [1.82, 2.24) is 4.90 Å². The maximum Gasteiger partial charge on any atom is 0.161 e. The van der Waals surface area contributed by atoms with Crippen LogP contribution in [0.15, 0.2) is 18.2 Å². The minimum Gasteiger partial charge on any atom is -0.490 e. The highest BCUT2D eigenvalue weighted by Gasteiger charge is 2.15. The summed E-state index contributed by atoms with van der Waals surface area (Å²) in [5, 5.41) is 0. The molecule has 0 fully saturated rings. The van der Waals surface area contributed by atoms with E-state index in [9.17, 15) is 0 Å². The van der Waals surface area contributed by atoms with Gasteiger partial charge in [0.25, 0.3) is 0 Å². The monoisotopic (exact) mass is 285 g/mol. The van der Waals surface area contributed by atoms with Gasteiger partial charge in [0, 0.05) is 6.42 Å². The SMILES string of the molecule is CN(C)C(Br)c1ccc2c(c1)OCCCO2. The highest BCUT2D eigenvalue weighted by Crippen LogP contribution is 2.35. The number of alkyl halides is 1. The van der Waals surface area contributed by atoms with E-state index in [2.05, 4.69) is 26.9 Å². The summed E-state index contributed by atoms with van der Waals surface area (Å²) in [5.41, 5.74) is 1.18. The van der Waals surface area contributed by atoms with Gasteiger partial charge in [-0.2, -0.15) is 0 Å². The number of halogens is 1. The predicted molar refractivity (Wildman–Crippen MR) is 67.4 cm³/mol. The maximum atomic E-state index is 5.65. The van der Waals surface area contributed by atoms with Gasteiger partial charge in [-0.1, -0.05) is 22.0 Å². The molecule has 0 amide bonds. The zero-order chi connectivity index (χ0) is 11.5. The summed E-state index contributed by atoms with van der Waals surface area (Å²) < 4.78 is 11.2. The molecule has 0 radical (unpaired) electrons. The number of benzene rings is 1. The van der Waals surface area contributed by atoms with E-state index in [-0.39, 0.29) is 4.95 Å². The summed E-state index contributed by atoms with van der Waals surface area (Å²) in [6.45, 7) is 1.46. The zero-order valence-corrected chi connectivity index (χ0v) is 11.2.